The Morgan fingerprint density at radius 2 is 2.27 bits per heavy atom. The molecular weight excluding hydrogens is 150 g/mol. The molecule has 0 radical (unpaired) electrons. The lowest BCUT2D eigenvalue weighted by Crippen LogP contribution is -2.44. The highest BCUT2D eigenvalue weighted by atomic mass is 16.5. The summed E-state index contributed by atoms with van der Waals surface area (Å²) in [5.74, 6) is 0. The maximum absolute atomic E-state index is 10.1. The van der Waals surface area contributed by atoms with Gasteiger partial charge in [0.15, 0.2) is 0 Å². The summed E-state index contributed by atoms with van der Waals surface area (Å²) in [6.45, 7) is 0.0351. The average Bonchev–Trinajstić information content (AvgIpc) is 2.32. The third kappa shape index (κ3) is 1.57. The number of rotatable bonds is 2. The van der Waals surface area contributed by atoms with Gasteiger partial charge in [0.2, 0.25) is 0 Å². The largest absolute Gasteiger partial charge is 0.388 e. The quantitative estimate of drug-likeness (QED) is 0.394. The maximum atomic E-state index is 10.1. The molecule has 11 heavy (non-hydrogen) atoms. The van der Waals surface area contributed by atoms with Gasteiger partial charge in [0, 0.05) is 0 Å². The fraction of sp³-hybridized carbons (Fsp3) is 0.833. The van der Waals surface area contributed by atoms with E-state index in [1.807, 2.05) is 0 Å². The van der Waals surface area contributed by atoms with Gasteiger partial charge in [0.1, 0.15) is 24.6 Å². The van der Waals surface area contributed by atoms with Crippen molar-refractivity contribution in [3.63, 3.8) is 0 Å². The molecule has 1 saturated heterocycles. The number of aldehydes is 1. The summed E-state index contributed by atoms with van der Waals surface area (Å²) >= 11 is 0. The summed E-state index contributed by atoms with van der Waals surface area (Å²) < 4.78 is 4.87. The molecule has 1 heterocycles. The molecule has 0 aromatic heterocycles. The van der Waals surface area contributed by atoms with E-state index in [4.69, 9.17) is 20.7 Å². The number of carbonyl (C=O) groups is 1. The maximum Gasteiger partial charge on any atom is 0.139 e. The SMILES string of the molecule is N[C@@H](C=O)[C@H]1OC[C@@H](O)[C@H]1O. The zero-order valence-electron chi connectivity index (χ0n) is 5.88. The average molecular weight is 161 g/mol. The molecule has 5 heteroatoms. The zero-order chi connectivity index (χ0) is 8.43. The van der Waals surface area contributed by atoms with Crippen molar-refractivity contribution >= 4 is 6.29 Å². The zero-order valence-corrected chi connectivity index (χ0v) is 5.88. The third-order valence-electron chi connectivity index (χ3n) is 1.73. The number of carbonyl (C=O) groups excluding carboxylic acids is 1. The Kier molecular flexibility index (Phi) is 2.56. The van der Waals surface area contributed by atoms with Crippen molar-refractivity contribution in [2.75, 3.05) is 6.61 Å². The molecule has 4 atom stereocenters. The monoisotopic (exact) mass is 161 g/mol. The fourth-order valence-corrected chi connectivity index (χ4v) is 1.04. The van der Waals surface area contributed by atoms with Crippen LogP contribution in [-0.4, -0.2) is 47.5 Å². The molecule has 1 fully saturated rings. The highest BCUT2D eigenvalue weighted by Crippen LogP contribution is 2.15. The van der Waals surface area contributed by atoms with Crippen molar-refractivity contribution < 1.29 is 19.7 Å². The van der Waals surface area contributed by atoms with E-state index in [1.54, 1.807) is 0 Å². The molecule has 0 amide bonds. The van der Waals surface area contributed by atoms with Crippen LogP contribution in [0, 0.1) is 0 Å². The van der Waals surface area contributed by atoms with E-state index in [2.05, 4.69) is 0 Å². The minimum absolute atomic E-state index is 0.0351. The van der Waals surface area contributed by atoms with Gasteiger partial charge in [-0.25, -0.2) is 0 Å². The van der Waals surface area contributed by atoms with E-state index in [-0.39, 0.29) is 6.61 Å². The lowest BCUT2D eigenvalue weighted by Gasteiger charge is -2.16. The van der Waals surface area contributed by atoms with E-state index in [1.165, 1.54) is 0 Å². The Balaban J connectivity index is 2.54. The first-order valence-corrected chi connectivity index (χ1v) is 3.35. The lowest BCUT2D eigenvalue weighted by atomic mass is 10.1. The van der Waals surface area contributed by atoms with Crippen LogP contribution in [0.25, 0.3) is 0 Å². The second-order valence-electron chi connectivity index (χ2n) is 2.57. The number of hydrogen-bond acceptors (Lipinski definition) is 5. The molecular formula is C6H11NO4. The molecule has 5 nitrogen and oxygen atoms in total. The number of aliphatic hydroxyl groups is 2. The van der Waals surface area contributed by atoms with Crippen molar-refractivity contribution in [1.29, 1.82) is 0 Å². The summed E-state index contributed by atoms with van der Waals surface area (Å²) in [4.78, 5) is 10.1. The van der Waals surface area contributed by atoms with Gasteiger partial charge in [-0.1, -0.05) is 0 Å². The van der Waals surface area contributed by atoms with Crippen LogP contribution in [-0.2, 0) is 9.53 Å². The van der Waals surface area contributed by atoms with Gasteiger partial charge < -0.3 is 25.5 Å². The fourth-order valence-electron chi connectivity index (χ4n) is 1.04. The van der Waals surface area contributed by atoms with Gasteiger partial charge in [-0.05, 0) is 0 Å². The normalized spacial score (nSPS) is 40.5. The lowest BCUT2D eigenvalue weighted by molar-refractivity contribution is -0.112. The van der Waals surface area contributed by atoms with Crippen LogP contribution >= 0.6 is 0 Å². The molecule has 0 aliphatic carbocycles. The van der Waals surface area contributed by atoms with Crippen LogP contribution < -0.4 is 5.73 Å². The van der Waals surface area contributed by atoms with Gasteiger partial charge in [0.05, 0.1) is 12.6 Å². The minimum atomic E-state index is -1.05. The second kappa shape index (κ2) is 3.27. The molecule has 0 spiro atoms. The molecule has 0 bridgehead atoms. The van der Waals surface area contributed by atoms with Crippen molar-refractivity contribution in [1.82, 2.24) is 0 Å². The van der Waals surface area contributed by atoms with E-state index in [0.29, 0.717) is 6.29 Å². The molecule has 1 aliphatic rings. The van der Waals surface area contributed by atoms with E-state index < -0.39 is 24.4 Å². The Labute approximate surface area is 63.8 Å². The Morgan fingerprint density at radius 1 is 1.64 bits per heavy atom. The smallest absolute Gasteiger partial charge is 0.139 e. The van der Waals surface area contributed by atoms with Crippen molar-refractivity contribution in [3.8, 4) is 0 Å². The highest BCUT2D eigenvalue weighted by molar-refractivity contribution is 5.58. The summed E-state index contributed by atoms with van der Waals surface area (Å²) in [6, 6.07) is -0.859. The Hall–Kier alpha value is -0.490. The summed E-state index contributed by atoms with van der Waals surface area (Å²) in [7, 11) is 0. The topological polar surface area (TPSA) is 92.8 Å². The summed E-state index contributed by atoms with van der Waals surface area (Å²) in [5, 5.41) is 18.1. The number of nitrogens with two attached hydrogens (primary N) is 1. The molecule has 0 aromatic carbocycles. The molecule has 0 unspecified atom stereocenters. The van der Waals surface area contributed by atoms with Crippen molar-refractivity contribution in [2.24, 2.45) is 5.73 Å². The first-order chi connectivity index (χ1) is 5.16. The molecule has 0 aromatic rings. The third-order valence-corrected chi connectivity index (χ3v) is 1.73. The van der Waals surface area contributed by atoms with Gasteiger partial charge in [0.25, 0.3) is 0 Å². The van der Waals surface area contributed by atoms with Crippen LogP contribution in [0.5, 0.6) is 0 Å². The summed E-state index contributed by atoms with van der Waals surface area (Å²) in [5.41, 5.74) is 5.27. The molecule has 1 rings (SSSR count). The van der Waals surface area contributed by atoms with Gasteiger partial charge in [-0.2, -0.15) is 0 Å². The number of ether oxygens (including phenoxy) is 1. The van der Waals surface area contributed by atoms with Gasteiger partial charge in [-0.3, -0.25) is 0 Å². The molecule has 64 valence electrons. The first-order valence-electron chi connectivity index (χ1n) is 3.35. The van der Waals surface area contributed by atoms with Gasteiger partial charge in [-0.15, -0.1) is 0 Å². The predicted molar refractivity (Wildman–Crippen MR) is 35.8 cm³/mol. The number of hydrogen-bond donors (Lipinski definition) is 3. The van der Waals surface area contributed by atoms with Crippen LogP contribution in [0.2, 0.25) is 0 Å². The Bertz CT molecular complexity index is 152. The van der Waals surface area contributed by atoms with Crippen LogP contribution in [0.4, 0.5) is 0 Å². The van der Waals surface area contributed by atoms with Crippen LogP contribution in [0.15, 0.2) is 0 Å². The van der Waals surface area contributed by atoms with Crippen LogP contribution in [0.1, 0.15) is 0 Å². The predicted octanol–water partition coefficient (Wildman–Crippen LogP) is -2.37. The standard InChI is InChI=1S/C6H11NO4/c7-3(1-8)6-5(10)4(9)2-11-6/h1,3-6,9-10H,2,7H2/t3-,4+,5+,6+/m0/s1. The molecule has 4 N–H and O–H groups in total. The summed E-state index contributed by atoms with van der Waals surface area (Å²) in [6.07, 6.45) is -2.24. The van der Waals surface area contributed by atoms with E-state index >= 15 is 0 Å². The first kappa shape index (κ1) is 8.61. The second-order valence-corrected chi connectivity index (χ2v) is 2.57. The van der Waals surface area contributed by atoms with E-state index in [0.717, 1.165) is 0 Å². The van der Waals surface area contributed by atoms with Crippen LogP contribution in [0.3, 0.4) is 0 Å². The van der Waals surface area contributed by atoms with Crippen molar-refractivity contribution in [2.45, 2.75) is 24.4 Å². The molecule has 1 aliphatic heterocycles. The highest BCUT2D eigenvalue weighted by Gasteiger charge is 2.38. The van der Waals surface area contributed by atoms with E-state index in [9.17, 15) is 4.79 Å². The van der Waals surface area contributed by atoms with Gasteiger partial charge >= 0.3 is 0 Å². The molecule has 0 saturated carbocycles. The minimum Gasteiger partial charge on any atom is -0.388 e. The number of aliphatic hydroxyl groups excluding tert-OH is 2. The Morgan fingerprint density at radius 3 is 2.64 bits per heavy atom. The van der Waals surface area contributed by atoms with Crippen molar-refractivity contribution in [3.05, 3.63) is 0 Å².